The Bertz CT molecular complexity index is 689. The normalized spacial score (nSPS) is 18.8. The summed E-state index contributed by atoms with van der Waals surface area (Å²) < 4.78 is 5.14. The van der Waals surface area contributed by atoms with Gasteiger partial charge in [-0.25, -0.2) is 4.79 Å². The topological polar surface area (TPSA) is 79.2 Å². The molecule has 136 valence electrons. The molecule has 0 radical (unpaired) electrons. The molecule has 1 aliphatic carbocycles. The average Bonchev–Trinajstić information content (AvgIpc) is 3.02. The van der Waals surface area contributed by atoms with E-state index in [-0.39, 0.29) is 12.5 Å². The van der Waals surface area contributed by atoms with Crippen LogP contribution in [0.5, 0.6) is 0 Å². The summed E-state index contributed by atoms with van der Waals surface area (Å²) in [6, 6.07) is 4.01. The zero-order valence-electron chi connectivity index (χ0n) is 15.3. The number of carbonyl (C=O) groups excluding carboxylic acids is 2. The van der Waals surface area contributed by atoms with Gasteiger partial charge in [0.1, 0.15) is 10.4 Å². The minimum absolute atomic E-state index is 0.0484. The number of aryl methyl sites for hydroxylation is 1. The van der Waals surface area contributed by atoms with Crippen LogP contribution in [0.2, 0.25) is 0 Å². The van der Waals surface area contributed by atoms with Crippen LogP contribution in [-0.4, -0.2) is 24.0 Å². The monoisotopic (exact) mass is 362 g/mol. The predicted octanol–water partition coefficient (Wildman–Crippen LogP) is 3.47. The van der Waals surface area contributed by atoms with Crippen molar-refractivity contribution in [1.29, 1.82) is 5.26 Å². The summed E-state index contributed by atoms with van der Waals surface area (Å²) in [4.78, 5) is 26.0. The number of nitrogens with zero attached hydrogens (tertiary/aromatic N) is 1. The van der Waals surface area contributed by atoms with E-state index in [9.17, 15) is 14.9 Å². The highest BCUT2D eigenvalue weighted by atomic mass is 32.1. The molecule has 1 N–H and O–H groups in total. The molecule has 0 saturated heterocycles. The van der Waals surface area contributed by atoms with Gasteiger partial charge >= 0.3 is 5.97 Å². The van der Waals surface area contributed by atoms with Gasteiger partial charge in [0, 0.05) is 4.88 Å². The van der Waals surface area contributed by atoms with Gasteiger partial charge in [-0.2, -0.15) is 5.26 Å². The largest absolute Gasteiger partial charge is 0.451 e. The Morgan fingerprint density at radius 1 is 1.52 bits per heavy atom. The Labute approximate surface area is 153 Å². The van der Waals surface area contributed by atoms with E-state index in [2.05, 4.69) is 18.3 Å². The first-order valence-electron chi connectivity index (χ1n) is 8.80. The molecule has 1 aromatic rings. The molecule has 6 heteroatoms. The van der Waals surface area contributed by atoms with Gasteiger partial charge in [0.05, 0.1) is 6.07 Å². The van der Waals surface area contributed by atoms with Gasteiger partial charge in [0.2, 0.25) is 0 Å². The minimum Gasteiger partial charge on any atom is -0.451 e. The van der Waals surface area contributed by atoms with Crippen molar-refractivity contribution in [3.63, 3.8) is 0 Å². The van der Waals surface area contributed by atoms with Crippen LogP contribution in [0, 0.1) is 23.2 Å². The second-order valence-electron chi connectivity index (χ2n) is 7.17. The molecule has 0 saturated carbocycles. The molecule has 2 atom stereocenters. The summed E-state index contributed by atoms with van der Waals surface area (Å²) in [6.07, 6.45) is 4.36. The van der Waals surface area contributed by atoms with E-state index in [0.29, 0.717) is 10.8 Å². The molecule has 1 amide bonds. The van der Waals surface area contributed by atoms with Crippen molar-refractivity contribution in [2.24, 2.45) is 11.8 Å². The van der Waals surface area contributed by atoms with Crippen molar-refractivity contribution < 1.29 is 14.3 Å². The van der Waals surface area contributed by atoms with Gasteiger partial charge < -0.3 is 10.1 Å². The lowest BCUT2D eigenvalue weighted by Gasteiger charge is -2.27. The van der Waals surface area contributed by atoms with Crippen molar-refractivity contribution in [2.45, 2.75) is 58.9 Å². The average molecular weight is 362 g/mol. The molecule has 1 heterocycles. The quantitative estimate of drug-likeness (QED) is 0.786. The van der Waals surface area contributed by atoms with Gasteiger partial charge in [-0.3, -0.25) is 4.79 Å². The number of rotatable bonds is 6. The van der Waals surface area contributed by atoms with Crippen LogP contribution in [0.3, 0.4) is 0 Å². The van der Waals surface area contributed by atoms with Gasteiger partial charge in [-0.15, -0.1) is 11.3 Å². The fraction of sp³-hybridized carbons (Fsp3) is 0.632. The fourth-order valence-corrected chi connectivity index (χ4v) is 3.98. The summed E-state index contributed by atoms with van der Waals surface area (Å²) in [5.41, 5.74) is 0.275. The maximum absolute atomic E-state index is 12.2. The maximum atomic E-state index is 12.2. The molecule has 0 spiro atoms. The molecule has 2 rings (SSSR count). The highest BCUT2D eigenvalue weighted by Crippen LogP contribution is 2.33. The maximum Gasteiger partial charge on any atom is 0.348 e. The fourth-order valence-electron chi connectivity index (χ4n) is 2.88. The van der Waals surface area contributed by atoms with Gasteiger partial charge in [-0.05, 0) is 49.7 Å². The molecule has 5 nitrogen and oxygen atoms in total. The SMILES string of the molecule is CC[C@@H]1CCc2sc(C(=O)OCC(=O)N[C@](C)(C#N)C(C)C)cc2C1. The number of nitriles is 1. The zero-order valence-corrected chi connectivity index (χ0v) is 16.2. The third kappa shape index (κ3) is 4.60. The molecular formula is C19H26N2O3S. The summed E-state index contributed by atoms with van der Waals surface area (Å²) in [5.74, 6) is -0.284. The van der Waals surface area contributed by atoms with E-state index < -0.39 is 17.4 Å². The lowest BCUT2D eigenvalue weighted by molar-refractivity contribution is -0.125. The number of amides is 1. The summed E-state index contributed by atoms with van der Waals surface area (Å²) in [5, 5.41) is 11.9. The number of thiophene rings is 1. The smallest absolute Gasteiger partial charge is 0.348 e. The standard InChI is InChI=1S/C19H26N2O3S/c1-5-13-6-7-15-14(8-13)9-16(25-15)18(23)24-10-17(22)21-19(4,11-20)12(2)3/h9,12-13H,5-8,10H2,1-4H3,(H,21,22)/t13-,19-/m1/s1. The second-order valence-corrected chi connectivity index (χ2v) is 8.31. The number of carbonyl (C=O) groups is 2. The number of hydrogen-bond donors (Lipinski definition) is 1. The van der Waals surface area contributed by atoms with Crippen molar-refractivity contribution in [1.82, 2.24) is 5.32 Å². The Morgan fingerprint density at radius 2 is 2.24 bits per heavy atom. The first-order chi connectivity index (χ1) is 11.8. The molecule has 1 aliphatic rings. The van der Waals surface area contributed by atoms with Crippen molar-refractivity contribution in [3.05, 3.63) is 21.4 Å². The second kappa shape index (κ2) is 8.01. The van der Waals surface area contributed by atoms with Crippen LogP contribution in [-0.2, 0) is 22.4 Å². The number of hydrogen-bond acceptors (Lipinski definition) is 5. The van der Waals surface area contributed by atoms with Crippen molar-refractivity contribution in [2.75, 3.05) is 6.61 Å². The van der Waals surface area contributed by atoms with Crippen LogP contribution in [0.1, 0.15) is 60.6 Å². The first-order valence-corrected chi connectivity index (χ1v) is 9.61. The Hall–Kier alpha value is -1.87. The number of ether oxygens (including phenoxy) is 1. The molecule has 25 heavy (non-hydrogen) atoms. The molecule has 1 aromatic heterocycles. The molecule has 0 aromatic carbocycles. The lowest BCUT2D eigenvalue weighted by atomic mass is 9.87. The predicted molar refractivity (Wildman–Crippen MR) is 97.4 cm³/mol. The zero-order chi connectivity index (χ0) is 18.6. The minimum atomic E-state index is -0.972. The molecule has 0 fully saturated rings. The number of nitrogens with one attached hydrogen (secondary N) is 1. The Kier molecular flexibility index (Phi) is 6.23. The van der Waals surface area contributed by atoms with Crippen molar-refractivity contribution in [3.8, 4) is 6.07 Å². The van der Waals surface area contributed by atoms with Crippen LogP contribution in [0.4, 0.5) is 0 Å². The molecular weight excluding hydrogens is 336 g/mol. The van der Waals surface area contributed by atoms with Crippen LogP contribution in [0.15, 0.2) is 6.07 Å². The molecule has 0 aliphatic heterocycles. The summed E-state index contributed by atoms with van der Waals surface area (Å²) >= 11 is 1.47. The number of fused-ring (bicyclic) bond motifs is 1. The van der Waals surface area contributed by atoms with E-state index >= 15 is 0 Å². The molecule has 0 unspecified atom stereocenters. The van der Waals surface area contributed by atoms with Crippen LogP contribution >= 0.6 is 11.3 Å². The Morgan fingerprint density at radius 3 is 2.84 bits per heavy atom. The summed E-state index contributed by atoms with van der Waals surface area (Å²) in [7, 11) is 0. The highest BCUT2D eigenvalue weighted by Gasteiger charge is 2.30. The third-order valence-corrected chi connectivity index (χ3v) is 6.30. The van der Waals surface area contributed by atoms with Gasteiger partial charge in [0.15, 0.2) is 6.61 Å². The van der Waals surface area contributed by atoms with E-state index in [0.717, 1.165) is 19.3 Å². The third-order valence-electron chi connectivity index (χ3n) is 5.08. The van der Waals surface area contributed by atoms with Crippen LogP contribution in [0.25, 0.3) is 0 Å². The Balaban J connectivity index is 1.92. The van der Waals surface area contributed by atoms with E-state index in [1.165, 1.54) is 28.2 Å². The van der Waals surface area contributed by atoms with Crippen LogP contribution < -0.4 is 5.32 Å². The highest BCUT2D eigenvalue weighted by molar-refractivity contribution is 7.14. The van der Waals surface area contributed by atoms with Crippen molar-refractivity contribution >= 4 is 23.2 Å². The lowest BCUT2D eigenvalue weighted by Crippen LogP contribution is -2.50. The van der Waals surface area contributed by atoms with E-state index in [1.807, 2.05) is 19.9 Å². The van der Waals surface area contributed by atoms with Gasteiger partial charge in [0.25, 0.3) is 5.91 Å². The van der Waals surface area contributed by atoms with Gasteiger partial charge in [-0.1, -0.05) is 27.2 Å². The molecule has 0 bridgehead atoms. The van der Waals surface area contributed by atoms with E-state index in [4.69, 9.17) is 4.74 Å². The first kappa shape index (κ1) is 19.5. The summed E-state index contributed by atoms with van der Waals surface area (Å²) in [6.45, 7) is 7.20. The number of esters is 1. The van der Waals surface area contributed by atoms with E-state index in [1.54, 1.807) is 6.92 Å².